The molecular weight excluding hydrogens is 338 g/mol. The lowest BCUT2D eigenvalue weighted by atomic mass is 9.86. The summed E-state index contributed by atoms with van der Waals surface area (Å²) in [6.45, 7) is 5.96. The van der Waals surface area contributed by atoms with E-state index in [1.54, 1.807) is 11.8 Å². The zero-order valence-electron chi connectivity index (χ0n) is 13.9. The van der Waals surface area contributed by atoms with Gasteiger partial charge in [0.2, 0.25) is 0 Å². The smallest absolute Gasteiger partial charge is 0.156 e. The van der Waals surface area contributed by atoms with Crippen molar-refractivity contribution in [3.05, 3.63) is 57.2 Å². The van der Waals surface area contributed by atoms with Gasteiger partial charge in [-0.3, -0.25) is 4.79 Å². The maximum Gasteiger partial charge on any atom is 0.156 e. The molecule has 2 aliphatic rings. The van der Waals surface area contributed by atoms with Crippen LogP contribution in [0.4, 0.5) is 0 Å². The molecule has 0 aromatic rings. The number of hydrogen-bond donors (Lipinski definition) is 1. The number of hydrogen-bond acceptors (Lipinski definition) is 5. The van der Waals surface area contributed by atoms with Crippen molar-refractivity contribution in [2.75, 3.05) is 5.75 Å². The van der Waals surface area contributed by atoms with E-state index in [-0.39, 0.29) is 0 Å². The number of oxime groups is 1. The van der Waals surface area contributed by atoms with Crippen LogP contribution in [0.3, 0.4) is 0 Å². The molecule has 1 saturated carbocycles. The van der Waals surface area contributed by atoms with Crippen LogP contribution < -0.4 is 0 Å². The average Bonchev–Trinajstić information content (AvgIpc) is 2.87. The van der Waals surface area contributed by atoms with E-state index in [2.05, 4.69) is 49.0 Å². The first kappa shape index (κ1) is 18.9. The summed E-state index contributed by atoms with van der Waals surface area (Å²) in [6, 6.07) is 0. The van der Waals surface area contributed by atoms with E-state index >= 15 is 0 Å². The molecule has 1 N–H and O–H groups in total. The highest BCUT2D eigenvalue weighted by Gasteiger charge is 2.23. The van der Waals surface area contributed by atoms with Gasteiger partial charge in [0.05, 0.1) is 9.95 Å². The lowest BCUT2D eigenvalue weighted by molar-refractivity contribution is -0.104. The minimum atomic E-state index is 0.478. The van der Waals surface area contributed by atoms with Crippen LogP contribution in [0, 0.1) is 5.92 Å². The molecule has 2 rings (SSSR count). The summed E-state index contributed by atoms with van der Waals surface area (Å²) in [4.78, 5) is 11.5. The molecule has 1 fully saturated rings. The monoisotopic (exact) mass is 361 g/mol. The minimum absolute atomic E-state index is 0.478. The first-order valence-electron chi connectivity index (χ1n) is 8.05. The Morgan fingerprint density at radius 1 is 1.50 bits per heavy atom. The Balaban J connectivity index is 2.22. The van der Waals surface area contributed by atoms with Crippen LogP contribution in [0.1, 0.15) is 32.6 Å². The molecule has 0 amide bonds. The molecule has 0 heterocycles. The van der Waals surface area contributed by atoms with Crippen LogP contribution in [-0.2, 0) is 4.79 Å². The van der Waals surface area contributed by atoms with Crippen LogP contribution in [0.25, 0.3) is 0 Å². The molecule has 3 nitrogen and oxygen atoms in total. The number of thioether (sulfide) groups is 2. The fourth-order valence-corrected chi connectivity index (χ4v) is 4.85. The second-order valence-electron chi connectivity index (χ2n) is 5.94. The Labute approximate surface area is 152 Å². The molecule has 1 unspecified atom stereocenters. The first-order valence-corrected chi connectivity index (χ1v) is 9.85. The molecule has 0 aromatic heterocycles. The van der Waals surface area contributed by atoms with Gasteiger partial charge in [0.15, 0.2) is 6.29 Å². The molecule has 128 valence electrons. The maximum absolute atomic E-state index is 11.0. The molecular formula is C19H23NO2S2. The molecule has 0 bridgehead atoms. The van der Waals surface area contributed by atoms with E-state index in [0.29, 0.717) is 10.8 Å². The van der Waals surface area contributed by atoms with E-state index in [1.807, 2.05) is 0 Å². The lowest BCUT2D eigenvalue weighted by Crippen LogP contribution is -2.17. The van der Waals surface area contributed by atoms with Gasteiger partial charge < -0.3 is 5.21 Å². The Morgan fingerprint density at radius 2 is 2.33 bits per heavy atom. The summed E-state index contributed by atoms with van der Waals surface area (Å²) in [5.74, 6) is 1.33. The van der Waals surface area contributed by atoms with Crippen molar-refractivity contribution in [1.82, 2.24) is 0 Å². The van der Waals surface area contributed by atoms with Crippen molar-refractivity contribution >= 4 is 35.5 Å². The Morgan fingerprint density at radius 3 is 3.08 bits per heavy atom. The van der Waals surface area contributed by atoms with E-state index in [0.717, 1.165) is 53.2 Å². The topological polar surface area (TPSA) is 49.7 Å². The summed E-state index contributed by atoms with van der Waals surface area (Å²) in [5.41, 5.74) is 3.03. The molecule has 0 aromatic carbocycles. The number of rotatable bonds is 6. The van der Waals surface area contributed by atoms with Gasteiger partial charge in [0, 0.05) is 10.7 Å². The highest BCUT2D eigenvalue weighted by atomic mass is 32.2. The van der Waals surface area contributed by atoms with Gasteiger partial charge in [-0.05, 0) is 42.7 Å². The van der Waals surface area contributed by atoms with Crippen LogP contribution in [-0.4, -0.2) is 23.0 Å². The molecule has 0 aliphatic heterocycles. The molecule has 1 atom stereocenters. The zero-order valence-corrected chi connectivity index (χ0v) is 15.5. The predicted molar refractivity (Wildman–Crippen MR) is 105 cm³/mol. The fourth-order valence-electron chi connectivity index (χ4n) is 2.60. The summed E-state index contributed by atoms with van der Waals surface area (Å²) in [7, 11) is 0. The third-order valence-corrected chi connectivity index (χ3v) is 6.30. The number of allylic oxidation sites excluding steroid dienone is 7. The maximum atomic E-state index is 11.0. The van der Waals surface area contributed by atoms with Crippen molar-refractivity contribution in [3.63, 3.8) is 0 Å². The standard InChI is InChI=1S/C19H23NO2S2/c1-14-9-10-17(18(11-14)20-22)19(24-15(2)12-21)23-13-16-7-5-3-4-6-8-16/h3,5-8,12,14,22H,2,4,9-11,13H2,1H3/b19-17+,20-18+. The van der Waals surface area contributed by atoms with Gasteiger partial charge in [-0.15, -0.1) is 11.8 Å². The van der Waals surface area contributed by atoms with E-state index in [1.165, 1.54) is 17.3 Å². The summed E-state index contributed by atoms with van der Waals surface area (Å²) in [5, 5.41) is 12.9. The van der Waals surface area contributed by atoms with Gasteiger partial charge in [-0.25, -0.2) is 0 Å². The minimum Gasteiger partial charge on any atom is -0.411 e. The lowest BCUT2D eigenvalue weighted by Gasteiger charge is -2.24. The number of carbonyl (C=O) groups excluding carboxylic acids is 1. The van der Waals surface area contributed by atoms with Crippen molar-refractivity contribution in [2.24, 2.45) is 11.1 Å². The Hall–Kier alpha value is -1.46. The molecule has 2 aliphatic carbocycles. The average molecular weight is 362 g/mol. The second kappa shape index (κ2) is 9.74. The molecule has 0 radical (unpaired) electrons. The van der Waals surface area contributed by atoms with Gasteiger partial charge in [-0.2, -0.15) is 0 Å². The Bertz CT molecular complexity index is 642. The third-order valence-electron chi connectivity index (χ3n) is 3.92. The fraction of sp³-hybridized carbons (Fsp3) is 0.368. The Kier molecular flexibility index (Phi) is 7.66. The molecule has 24 heavy (non-hydrogen) atoms. The number of carbonyl (C=O) groups is 1. The van der Waals surface area contributed by atoms with Crippen molar-refractivity contribution in [1.29, 1.82) is 0 Å². The highest BCUT2D eigenvalue weighted by Crippen LogP contribution is 2.41. The molecule has 0 saturated heterocycles. The van der Waals surface area contributed by atoms with E-state index in [9.17, 15) is 10.0 Å². The van der Waals surface area contributed by atoms with Crippen LogP contribution in [0.2, 0.25) is 0 Å². The summed E-state index contributed by atoms with van der Waals surface area (Å²) in [6.07, 6.45) is 15.0. The molecule has 5 heteroatoms. The second-order valence-corrected chi connectivity index (χ2v) is 8.32. The number of nitrogens with zero attached hydrogens (tertiary/aromatic N) is 1. The number of aldehydes is 1. The van der Waals surface area contributed by atoms with Crippen LogP contribution in [0.15, 0.2) is 62.4 Å². The quantitative estimate of drug-likeness (QED) is 0.295. The van der Waals surface area contributed by atoms with Crippen molar-refractivity contribution < 1.29 is 10.0 Å². The highest BCUT2D eigenvalue weighted by molar-refractivity contribution is 8.24. The van der Waals surface area contributed by atoms with Crippen LogP contribution >= 0.6 is 23.5 Å². The summed E-state index contributed by atoms with van der Waals surface area (Å²) >= 11 is 3.07. The van der Waals surface area contributed by atoms with Gasteiger partial charge >= 0.3 is 0 Å². The normalized spacial score (nSPS) is 24.5. The molecule has 0 spiro atoms. The van der Waals surface area contributed by atoms with Crippen LogP contribution in [0.5, 0.6) is 0 Å². The van der Waals surface area contributed by atoms with Gasteiger partial charge in [0.1, 0.15) is 0 Å². The predicted octanol–water partition coefficient (Wildman–Crippen LogP) is 5.47. The van der Waals surface area contributed by atoms with Crippen molar-refractivity contribution in [2.45, 2.75) is 32.6 Å². The first-order chi connectivity index (χ1) is 11.6. The SMILES string of the molecule is C=C(C=O)S/C(SCC1=CC=CCC=C1)=C1\CCC(C)C\C1=N/O. The van der Waals surface area contributed by atoms with E-state index < -0.39 is 0 Å². The zero-order chi connectivity index (χ0) is 17.4. The largest absolute Gasteiger partial charge is 0.411 e. The van der Waals surface area contributed by atoms with Crippen molar-refractivity contribution in [3.8, 4) is 0 Å². The third kappa shape index (κ3) is 5.56. The van der Waals surface area contributed by atoms with Gasteiger partial charge in [0.25, 0.3) is 0 Å². The van der Waals surface area contributed by atoms with E-state index in [4.69, 9.17) is 0 Å². The van der Waals surface area contributed by atoms with Gasteiger partial charge in [-0.1, -0.05) is 60.8 Å². The summed E-state index contributed by atoms with van der Waals surface area (Å²) < 4.78 is 1.02.